The van der Waals surface area contributed by atoms with Gasteiger partial charge in [0.2, 0.25) is 5.91 Å². The van der Waals surface area contributed by atoms with Gasteiger partial charge in [-0.1, -0.05) is 42.6 Å². The molecule has 3 heterocycles. The number of carboxylic acid groups (broad SMARTS) is 1. The van der Waals surface area contributed by atoms with Gasteiger partial charge in [0.1, 0.15) is 10.8 Å². The fourth-order valence-electron chi connectivity index (χ4n) is 6.65. The van der Waals surface area contributed by atoms with Crippen LogP contribution in [0.1, 0.15) is 70.4 Å². The summed E-state index contributed by atoms with van der Waals surface area (Å²) in [5, 5.41) is 13.5. The molecule has 2 aromatic carbocycles. The molecular weight excluding hydrogens is 591 g/mol. The topological polar surface area (TPSA) is 105 Å². The zero-order valence-electron chi connectivity index (χ0n) is 23.7. The van der Waals surface area contributed by atoms with E-state index in [-0.39, 0.29) is 47.1 Å². The van der Waals surface area contributed by atoms with Crippen LogP contribution >= 0.6 is 22.9 Å². The van der Waals surface area contributed by atoms with Crippen molar-refractivity contribution in [3.8, 4) is 0 Å². The van der Waals surface area contributed by atoms with Crippen LogP contribution in [0.25, 0.3) is 10.9 Å². The number of hydrogen-bond acceptors (Lipinski definition) is 5. The number of carbonyl (C=O) groups excluding carboxylic acids is 2. The number of aryl methyl sites for hydroxylation is 2. The lowest BCUT2D eigenvalue weighted by atomic mass is 9.84. The van der Waals surface area contributed by atoms with Crippen LogP contribution in [0.15, 0.2) is 48.8 Å². The number of anilines is 1. The van der Waals surface area contributed by atoms with Crippen molar-refractivity contribution < 1.29 is 23.9 Å². The van der Waals surface area contributed by atoms with Gasteiger partial charge in [-0.2, -0.15) is 0 Å². The Kier molecular flexibility index (Phi) is 8.24. The number of benzene rings is 2. The number of hydrogen-bond donors (Lipinski definition) is 2. The molecule has 224 valence electrons. The highest BCUT2D eigenvalue weighted by Crippen LogP contribution is 2.47. The lowest BCUT2D eigenvalue weighted by Crippen LogP contribution is -2.41. The number of para-hydroxylation sites is 1. The third-order valence-electron chi connectivity index (χ3n) is 8.69. The van der Waals surface area contributed by atoms with E-state index in [9.17, 15) is 14.4 Å². The Morgan fingerprint density at radius 1 is 1.19 bits per heavy atom. The molecule has 1 saturated heterocycles. The van der Waals surface area contributed by atoms with Crippen molar-refractivity contribution in [3.05, 3.63) is 80.6 Å². The fraction of sp³-hybridized carbons (Fsp3) is 0.375. The van der Waals surface area contributed by atoms with Crippen LogP contribution in [-0.4, -0.2) is 43.4 Å². The normalized spacial score (nSPS) is 19.9. The summed E-state index contributed by atoms with van der Waals surface area (Å²) in [5.74, 6) is -1.72. The maximum absolute atomic E-state index is 15.5. The molecule has 11 heteroatoms. The molecule has 2 N–H and O–H groups in total. The summed E-state index contributed by atoms with van der Waals surface area (Å²) in [4.78, 5) is 45.4. The predicted octanol–water partition coefficient (Wildman–Crippen LogP) is 6.77. The maximum Gasteiger partial charge on any atom is 0.303 e. The Morgan fingerprint density at radius 3 is 2.79 bits per heavy atom. The Bertz CT molecular complexity index is 1720. The third kappa shape index (κ3) is 5.90. The average Bonchev–Trinajstić information content (AvgIpc) is 3.70. The minimum Gasteiger partial charge on any atom is -0.481 e. The quantitative estimate of drug-likeness (QED) is 0.226. The van der Waals surface area contributed by atoms with E-state index in [0.29, 0.717) is 17.9 Å². The zero-order valence-corrected chi connectivity index (χ0v) is 25.3. The second-order valence-corrected chi connectivity index (χ2v) is 13.0. The average molecular weight is 623 g/mol. The van der Waals surface area contributed by atoms with Crippen molar-refractivity contribution in [1.82, 2.24) is 14.5 Å². The molecule has 2 fully saturated rings. The molecule has 8 nitrogen and oxygen atoms in total. The van der Waals surface area contributed by atoms with Crippen LogP contribution in [-0.2, 0) is 29.5 Å². The summed E-state index contributed by atoms with van der Waals surface area (Å²) in [5.41, 5.74) is 1.64. The molecule has 2 amide bonds. The van der Waals surface area contributed by atoms with E-state index in [0.717, 1.165) is 52.9 Å². The molecule has 1 aliphatic carbocycles. The standard InChI is InChI=1S/C32H32ClFN4O4S/c1-37-17-22(21-7-3-5-9-27(21)37)31(42)36-25-15-24(34)19(12-23(25)33)14-29(39)38-26-8-4-2-6-18(26)13-28(38)32-35-16-20(43-32)10-11-30(40)41/h3,5,7,9,12,15-18,26,28H,2,4,6,8,10-11,13-14H2,1H3,(H,36,42)(H,40,41)/t18-,26-,28-/m0/s1. The number of amides is 2. The fourth-order valence-corrected chi connectivity index (χ4v) is 7.91. The first-order valence-electron chi connectivity index (χ1n) is 14.5. The van der Waals surface area contributed by atoms with Crippen molar-refractivity contribution >= 4 is 57.3 Å². The number of fused-ring (bicyclic) bond motifs is 2. The molecule has 43 heavy (non-hydrogen) atoms. The summed E-state index contributed by atoms with van der Waals surface area (Å²) < 4.78 is 17.3. The van der Waals surface area contributed by atoms with Crippen LogP contribution in [0.3, 0.4) is 0 Å². The van der Waals surface area contributed by atoms with Gasteiger partial charge < -0.3 is 19.9 Å². The molecule has 0 bridgehead atoms. The van der Waals surface area contributed by atoms with E-state index >= 15 is 4.39 Å². The molecule has 0 unspecified atom stereocenters. The maximum atomic E-state index is 15.5. The molecular formula is C32H32ClFN4O4S. The third-order valence-corrected chi connectivity index (χ3v) is 10.2. The lowest BCUT2D eigenvalue weighted by Gasteiger charge is -2.33. The van der Waals surface area contributed by atoms with Gasteiger partial charge in [-0.25, -0.2) is 9.37 Å². The summed E-state index contributed by atoms with van der Waals surface area (Å²) in [6, 6.07) is 9.96. The van der Waals surface area contributed by atoms with Gasteiger partial charge in [-0.15, -0.1) is 11.3 Å². The molecule has 2 aliphatic rings. The van der Waals surface area contributed by atoms with E-state index in [1.54, 1.807) is 12.4 Å². The van der Waals surface area contributed by atoms with Crippen molar-refractivity contribution in [3.63, 3.8) is 0 Å². The van der Waals surface area contributed by atoms with E-state index < -0.39 is 17.7 Å². The Balaban J connectivity index is 1.21. The molecule has 1 saturated carbocycles. The minimum atomic E-state index is -0.863. The molecule has 4 aromatic rings. The molecule has 1 aliphatic heterocycles. The highest BCUT2D eigenvalue weighted by Gasteiger charge is 2.46. The largest absolute Gasteiger partial charge is 0.481 e. The van der Waals surface area contributed by atoms with Crippen molar-refractivity contribution in [1.29, 1.82) is 0 Å². The summed E-state index contributed by atoms with van der Waals surface area (Å²) in [6.45, 7) is 0. The number of halogens is 2. The second-order valence-electron chi connectivity index (χ2n) is 11.4. The summed E-state index contributed by atoms with van der Waals surface area (Å²) in [7, 11) is 1.85. The van der Waals surface area contributed by atoms with Gasteiger partial charge in [0.25, 0.3) is 5.91 Å². The van der Waals surface area contributed by atoms with E-state index in [1.807, 2.05) is 40.8 Å². The Labute approximate surface area is 257 Å². The van der Waals surface area contributed by atoms with Gasteiger partial charge in [0, 0.05) is 41.3 Å². The number of thiazole rings is 1. The van der Waals surface area contributed by atoms with E-state index in [4.69, 9.17) is 16.7 Å². The first-order chi connectivity index (χ1) is 20.7. The number of aliphatic carboxylic acids is 1. The predicted molar refractivity (Wildman–Crippen MR) is 164 cm³/mol. The smallest absolute Gasteiger partial charge is 0.303 e. The molecule has 2 aromatic heterocycles. The first-order valence-corrected chi connectivity index (χ1v) is 15.7. The molecule has 0 spiro atoms. The van der Waals surface area contributed by atoms with Gasteiger partial charge in [-0.3, -0.25) is 14.4 Å². The van der Waals surface area contributed by atoms with Gasteiger partial charge >= 0.3 is 5.97 Å². The van der Waals surface area contributed by atoms with Crippen LogP contribution in [0.5, 0.6) is 0 Å². The highest BCUT2D eigenvalue weighted by molar-refractivity contribution is 7.11. The summed E-state index contributed by atoms with van der Waals surface area (Å²) in [6.07, 6.45) is 8.56. The Morgan fingerprint density at radius 2 is 1.98 bits per heavy atom. The van der Waals surface area contributed by atoms with Crippen LogP contribution in [0.4, 0.5) is 10.1 Å². The Hall–Kier alpha value is -3.76. The zero-order chi connectivity index (χ0) is 30.2. The second kappa shape index (κ2) is 12.1. The van der Waals surface area contributed by atoms with Crippen molar-refractivity contribution in [2.75, 3.05) is 5.32 Å². The number of likely N-dealkylation sites (tertiary alicyclic amines) is 1. The highest BCUT2D eigenvalue weighted by atomic mass is 35.5. The number of carbonyl (C=O) groups is 3. The molecule has 3 atom stereocenters. The number of nitrogens with zero attached hydrogens (tertiary/aromatic N) is 3. The van der Waals surface area contributed by atoms with Gasteiger partial charge in [0.05, 0.1) is 35.2 Å². The lowest BCUT2D eigenvalue weighted by molar-refractivity contribution is -0.137. The van der Waals surface area contributed by atoms with Crippen molar-refractivity contribution in [2.45, 2.75) is 63.5 Å². The summed E-state index contributed by atoms with van der Waals surface area (Å²) >= 11 is 7.98. The molecule has 6 rings (SSSR count). The number of aromatic nitrogens is 2. The minimum absolute atomic E-state index is 0.0264. The number of rotatable bonds is 8. The molecule has 0 radical (unpaired) electrons. The van der Waals surface area contributed by atoms with Crippen molar-refractivity contribution in [2.24, 2.45) is 13.0 Å². The van der Waals surface area contributed by atoms with Crippen LogP contribution in [0, 0.1) is 11.7 Å². The van der Waals surface area contributed by atoms with Gasteiger partial charge in [-0.05, 0) is 55.4 Å². The SMILES string of the molecule is Cn1cc(C(=O)Nc2cc(F)c(CC(=O)N3[C@H](c4ncc(CCC(=O)O)s4)C[C@@H]4CCCC[C@@H]43)cc2Cl)c2ccccc21. The van der Waals surface area contributed by atoms with Crippen LogP contribution < -0.4 is 5.32 Å². The van der Waals surface area contributed by atoms with Gasteiger partial charge in [0.15, 0.2) is 0 Å². The monoisotopic (exact) mass is 622 g/mol. The number of nitrogens with one attached hydrogen (secondary N) is 1. The first kappa shape index (κ1) is 29.3. The number of carboxylic acids is 1. The van der Waals surface area contributed by atoms with E-state index in [2.05, 4.69) is 10.3 Å². The van der Waals surface area contributed by atoms with Crippen LogP contribution in [0.2, 0.25) is 5.02 Å². The van der Waals surface area contributed by atoms with E-state index in [1.165, 1.54) is 23.5 Å².